The van der Waals surface area contributed by atoms with Crippen molar-refractivity contribution in [1.29, 1.82) is 0 Å². The van der Waals surface area contributed by atoms with Crippen LogP contribution in [-0.2, 0) is 4.74 Å². The van der Waals surface area contributed by atoms with Crippen LogP contribution >= 0.6 is 0 Å². The van der Waals surface area contributed by atoms with Crippen LogP contribution in [0.25, 0.3) is 0 Å². The molecule has 0 spiro atoms. The van der Waals surface area contributed by atoms with Crippen LogP contribution in [0.3, 0.4) is 0 Å². The van der Waals surface area contributed by atoms with Gasteiger partial charge in [0.1, 0.15) is 0 Å². The molecule has 20 heavy (non-hydrogen) atoms. The van der Waals surface area contributed by atoms with Gasteiger partial charge < -0.3 is 20.1 Å². The van der Waals surface area contributed by atoms with Gasteiger partial charge in [-0.1, -0.05) is 0 Å². The number of anilines is 1. The average Bonchev–Trinajstić information content (AvgIpc) is 2.44. The fourth-order valence-electron chi connectivity index (χ4n) is 1.62. The Morgan fingerprint density at radius 3 is 2.40 bits per heavy atom. The summed E-state index contributed by atoms with van der Waals surface area (Å²) in [6.45, 7) is 6.00. The van der Waals surface area contributed by atoms with Crippen molar-refractivity contribution in [3.63, 3.8) is 0 Å². The van der Waals surface area contributed by atoms with E-state index >= 15 is 0 Å². The van der Waals surface area contributed by atoms with Gasteiger partial charge in [0.15, 0.2) is 0 Å². The van der Waals surface area contributed by atoms with E-state index < -0.39 is 5.97 Å². The Bertz CT molecular complexity index is 445. The Hall–Kier alpha value is -2.08. The van der Waals surface area contributed by atoms with Crippen LogP contribution in [0.1, 0.15) is 24.2 Å². The highest BCUT2D eigenvalue weighted by Gasteiger charge is 2.11. The standard InChI is InChI=1S/C14H20N2O4/c1-3-16(9-10-20-4-2)14(19)15-12-7-5-11(6-8-12)13(17)18/h5-8H,3-4,9-10H2,1-2H3,(H,15,19)(H,17,18). The Kier molecular flexibility index (Phi) is 6.52. The SMILES string of the molecule is CCOCCN(CC)C(=O)Nc1ccc(C(=O)O)cc1. The molecule has 1 aromatic rings. The largest absolute Gasteiger partial charge is 0.478 e. The Balaban J connectivity index is 2.56. The monoisotopic (exact) mass is 280 g/mol. The summed E-state index contributed by atoms with van der Waals surface area (Å²) in [5.74, 6) is -0.991. The maximum Gasteiger partial charge on any atom is 0.335 e. The third-order valence-corrected chi connectivity index (χ3v) is 2.76. The summed E-state index contributed by atoms with van der Waals surface area (Å²) >= 11 is 0. The minimum Gasteiger partial charge on any atom is -0.478 e. The molecule has 0 aliphatic heterocycles. The summed E-state index contributed by atoms with van der Waals surface area (Å²) in [4.78, 5) is 24.4. The maximum atomic E-state index is 12.0. The number of carbonyl (C=O) groups excluding carboxylic acids is 1. The quantitative estimate of drug-likeness (QED) is 0.751. The van der Waals surface area contributed by atoms with Crippen LogP contribution in [0.15, 0.2) is 24.3 Å². The molecule has 0 aliphatic carbocycles. The third kappa shape index (κ3) is 4.89. The highest BCUT2D eigenvalue weighted by Crippen LogP contribution is 2.10. The van der Waals surface area contributed by atoms with Crippen molar-refractivity contribution in [1.82, 2.24) is 4.90 Å². The number of urea groups is 1. The first kappa shape index (κ1) is 16.0. The predicted molar refractivity (Wildman–Crippen MR) is 76.2 cm³/mol. The lowest BCUT2D eigenvalue weighted by Gasteiger charge is -2.21. The number of hydrogen-bond donors (Lipinski definition) is 2. The summed E-state index contributed by atoms with van der Waals surface area (Å²) in [7, 11) is 0. The molecular weight excluding hydrogens is 260 g/mol. The number of carboxylic acid groups (broad SMARTS) is 1. The summed E-state index contributed by atoms with van der Waals surface area (Å²) in [6, 6.07) is 5.81. The van der Waals surface area contributed by atoms with E-state index in [1.807, 2.05) is 13.8 Å². The fraction of sp³-hybridized carbons (Fsp3) is 0.429. The van der Waals surface area contributed by atoms with Crippen molar-refractivity contribution in [3.8, 4) is 0 Å². The lowest BCUT2D eigenvalue weighted by molar-refractivity contribution is 0.0697. The number of amides is 2. The highest BCUT2D eigenvalue weighted by molar-refractivity contribution is 5.91. The van der Waals surface area contributed by atoms with E-state index in [9.17, 15) is 9.59 Å². The van der Waals surface area contributed by atoms with Gasteiger partial charge in [-0.05, 0) is 38.1 Å². The van der Waals surface area contributed by atoms with Crippen molar-refractivity contribution in [2.75, 3.05) is 31.6 Å². The van der Waals surface area contributed by atoms with Crippen LogP contribution < -0.4 is 5.32 Å². The van der Waals surface area contributed by atoms with Gasteiger partial charge in [-0.15, -0.1) is 0 Å². The van der Waals surface area contributed by atoms with Gasteiger partial charge in [0.25, 0.3) is 0 Å². The number of nitrogens with zero attached hydrogens (tertiary/aromatic N) is 1. The van der Waals surface area contributed by atoms with Crippen LogP contribution in [0.4, 0.5) is 10.5 Å². The first-order valence-corrected chi connectivity index (χ1v) is 6.55. The van der Waals surface area contributed by atoms with E-state index in [0.717, 1.165) is 0 Å². The van der Waals surface area contributed by atoms with E-state index in [1.54, 1.807) is 17.0 Å². The second-order valence-electron chi connectivity index (χ2n) is 4.09. The molecule has 0 atom stereocenters. The zero-order valence-corrected chi connectivity index (χ0v) is 11.8. The molecule has 0 aliphatic rings. The van der Waals surface area contributed by atoms with Gasteiger partial charge in [-0.2, -0.15) is 0 Å². The number of likely N-dealkylation sites (N-methyl/N-ethyl adjacent to an activating group) is 1. The molecule has 6 heteroatoms. The number of carbonyl (C=O) groups is 2. The first-order chi connectivity index (χ1) is 9.58. The van der Waals surface area contributed by atoms with Crippen molar-refractivity contribution in [2.45, 2.75) is 13.8 Å². The van der Waals surface area contributed by atoms with E-state index in [2.05, 4.69) is 5.32 Å². The topological polar surface area (TPSA) is 78.9 Å². The lowest BCUT2D eigenvalue weighted by Crippen LogP contribution is -2.37. The van der Waals surface area contributed by atoms with Gasteiger partial charge >= 0.3 is 12.0 Å². The fourth-order valence-corrected chi connectivity index (χ4v) is 1.62. The second kappa shape index (κ2) is 8.16. The molecule has 0 unspecified atom stereocenters. The number of nitrogens with one attached hydrogen (secondary N) is 1. The Morgan fingerprint density at radius 2 is 1.90 bits per heavy atom. The molecule has 1 rings (SSSR count). The molecule has 6 nitrogen and oxygen atoms in total. The summed E-state index contributed by atoms with van der Waals surface area (Å²) < 4.78 is 5.22. The Labute approximate surface area is 118 Å². The van der Waals surface area contributed by atoms with Crippen molar-refractivity contribution < 1.29 is 19.4 Å². The number of hydrogen-bond acceptors (Lipinski definition) is 3. The zero-order chi connectivity index (χ0) is 15.0. The molecule has 110 valence electrons. The number of aromatic carboxylic acids is 1. The van der Waals surface area contributed by atoms with Crippen LogP contribution in [-0.4, -0.2) is 48.3 Å². The summed E-state index contributed by atoms with van der Waals surface area (Å²) in [6.07, 6.45) is 0. The van der Waals surface area contributed by atoms with Gasteiger partial charge in [0.05, 0.1) is 12.2 Å². The highest BCUT2D eigenvalue weighted by atomic mass is 16.5. The predicted octanol–water partition coefficient (Wildman–Crippen LogP) is 2.28. The van der Waals surface area contributed by atoms with Gasteiger partial charge in [-0.3, -0.25) is 0 Å². The molecule has 1 aromatic carbocycles. The number of rotatable bonds is 7. The molecule has 0 heterocycles. The number of ether oxygens (including phenoxy) is 1. The van der Waals surface area contributed by atoms with E-state index in [-0.39, 0.29) is 11.6 Å². The average molecular weight is 280 g/mol. The second-order valence-corrected chi connectivity index (χ2v) is 4.09. The maximum absolute atomic E-state index is 12.0. The molecule has 0 aromatic heterocycles. The van der Waals surface area contributed by atoms with Crippen molar-refractivity contribution in [3.05, 3.63) is 29.8 Å². The van der Waals surface area contributed by atoms with Gasteiger partial charge in [-0.25, -0.2) is 9.59 Å². The lowest BCUT2D eigenvalue weighted by atomic mass is 10.2. The number of carboxylic acids is 1. The molecule has 0 saturated carbocycles. The first-order valence-electron chi connectivity index (χ1n) is 6.55. The zero-order valence-electron chi connectivity index (χ0n) is 11.8. The third-order valence-electron chi connectivity index (χ3n) is 2.76. The van der Waals surface area contributed by atoms with Gasteiger partial charge in [0.2, 0.25) is 0 Å². The van der Waals surface area contributed by atoms with Crippen LogP contribution in [0.5, 0.6) is 0 Å². The molecule has 2 amide bonds. The van der Waals surface area contributed by atoms with Crippen molar-refractivity contribution in [2.24, 2.45) is 0 Å². The molecule has 0 bridgehead atoms. The minimum absolute atomic E-state index is 0.187. The van der Waals surface area contributed by atoms with Crippen molar-refractivity contribution >= 4 is 17.7 Å². The molecule has 2 N–H and O–H groups in total. The smallest absolute Gasteiger partial charge is 0.335 e. The molecular formula is C14H20N2O4. The molecule has 0 radical (unpaired) electrons. The van der Waals surface area contributed by atoms with Crippen LogP contribution in [0.2, 0.25) is 0 Å². The van der Waals surface area contributed by atoms with Crippen LogP contribution in [0, 0.1) is 0 Å². The molecule has 0 saturated heterocycles. The van der Waals surface area contributed by atoms with E-state index in [4.69, 9.17) is 9.84 Å². The van der Waals surface area contributed by atoms with E-state index in [0.29, 0.717) is 32.0 Å². The van der Waals surface area contributed by atoms with Gasteiger partial charge in [0, 0.05) is 25.4 Å². The minimum atomic E-state index is -0.991. The summed E-state index contributed by atoms with van der Waals surface area (Å²) in [5, 5.41) is 11.5. The van der Waals surface area contributed by atoms with E-state index in [1.165, 1.54) is 12.1 Å². The number of benzene rings is 1. The Morgan fingerprint density at radius 1 is 1.25 bits per heavy atom. The summed E-state index contributed by atoms with van der Waals surface area (Å²) in [5.41, 5.74) is 0.751. The normalized spacial score (nSPS) is 10.1. The molecule has 0 fully saturated rings.